The Kier molecular flexibility index (Phi) is 4.88. The molecule has 0 atom stereocenters. The third kappa shape index (κ3) is 3.91. The number of carbonyl (C=O) groups is 1. The van der Waals surface area contributed by atoms with Crippen molar-refractivity contribution in [1.82, 2.24) is 0 Å². The molecule has 3 nitrogen and oxygen atoms in total. The van der Waals surface area contributed by atoms with Crippen molar-refractivity contribution in [2.45, 2.75) is 19.3 Å². The molecule has 3 heteroatoms. The Balaban J connectivity index is 1.84. The molecular weight excluding hydrogens is 308 g/mol. The Labute approximate surface area is 147 Å². The van der Waals surface area contributed by atoms with Crippen molar-refractivity contribution in [3.8, 4) is 12.1 Å². The maximum atomic E-state index is 12.7. The van der Waals surface area contributed by atoms with E-state index >= 15 is 0 Å². The summed E-state index contributed by atoms with van der Waals surface area (Å²) in [5.74, 6) is 0.0833. The molecule has 0 radical (unpaired) electrons. The first-order chi connectivity index (χ1) is 12.2. The van der Waals surface area contributed by atoms with E-state index < -0.39 is 0 Å². The molecule has 2 aromatic carbocycles. The van der Waals surface area contributed by atoms with Gasteiger partial charge in [-0.25, -0.2) is 0 Å². The molecule has 120 valence electrons. The van der Waals surface area contributed by atoms with E-state index in [9.17, 15) is 4.79 Å². The molecule has 0 saturated heterocycles. The number of allylic oxidation sites excluding steroid dienone is 2. The van der Waals surface area contributed by atoms with E-state index in [1.54, 1.807) is 24.3 Å². The molecule has 0 N–H and O–H groups in total. The number of hydrogen-bond donors (Lipinski definition) is 0. The van der Waals surface area contributed by atoms with Crippen LogP contribution in [-0.2, 0) is 4.79 Å². The number of Topliss-reactive ketones (excluding diaryl/α,β-unsaturated/α-hetero) is 1. The van der Waals surface area contributed by atoms with Gasteiger partial charge >= 0.3 is 0 Å². The van der Waals surface area contributed by atoms with Crippen LogP contribution in [0.15, 0.2) is 59.7 Å². The molecular formula is C22H16N2O. The second-order valence-corrected chi connectivity index (χ2v) is 5.99. The molecule has 1 fully saturated rings. The summed E-state index contributed by atoms with van der Waals surface area (Å²) in [6, 6.07) is 18.6. The van der Waals surface area contributed by atoms with Gasteiger partial charge in [-0.2, -0.15) is 10.5 Å². The van der Waals surface area contributed by atoms with Crippen LogP contribution < -0.4 is 0 Å². The molecule has 0 aliphatic heterocycles. The third-order valence-corrected chi connectivity index (χ3v) is 4.24. The van der Waals surface area contributed by atoms with Gasteiger partial charge in [0.25, 0.3) is 0 Å². The van der Waals surface area contributed by atoms with Crippen LogP contribution in [0.1, 0.15) is 41.5 Å². The Morgan fingerprint density at radius 1 is 0.720 bits per heavy atom. The van der Waals surface area contributed by atoms with Crippen LogP contribution in [-0.4, -0.2) is 5.78 Å². The number of hydrogen-bond acceptors (Lipinski definition) is 3. The number of benzene rings is 2. The van der Waals surface area contributed by atoms with Crippen molar-refractivity contribution in [3.63, 3.8) is 0 Å². The summed E-state index contributed by atoms with van der Waals surface area (Å²) in [5.41, 5.74) is 4.69. The van der Waals surface area contributed by atoms with Gasteiger partial charge in [0, 0.05) is 11.1 Å². The van der Waals surface area contributed by atoms with E-state index in [2.05, 4.69) is 12.1 Å². The molecule has 0 amide bonds. The van der Waals surface area contributed by atoms with Gasteiger partial charge in [-0.15, -0.1) is 0 Å². The molecule has 0 aromatic heterocycles. The SMILES string of the molecule is N#Cc1ccc(C=C2CCCC(=Cc3ccc(C#N)cc3)C2=O)cc1. The Morgan fingerprint density at radius 2 is 1.12 bits per heavy atom. The fraction of sp³-hybridized carbons (Fsp3) is 0.136. The molecule has 3 rings (SSSR count). The number of nitriles is 2. The predicted molar refractivity (Wildman–Crippen MR) is 97.1 cm³/mol. The highest BCUT2D eigenvalue weighted by Gasteiger charge is 2.20. The van der Waals surface area contributed by atoms with Gasteiger partial charge in [-0.3, -0.25) is 4.79 Å². The highest BCUT2D eigenvalue weighted by Crippen LogP contribution is 2.28. The molecule has 0 bridgehead atoms. The molecule has 25 heavy (non-hydrogen) atoms. The van der Waals surface area contributed by atoms with E-state index in [-0.39, 0.29) is 5.78 Å². The summed E-state index contributed by atoms with van der Waals surface area (Å²) in [4.78, 5) is 12.7. The number of carbonyl (C=O) groups excluding carboxylic acids is 1. The number of ketones is 1. The molecule has 0 unspecified atom stereocenters. The predicted octanol–water partition coefficient (Wildman–Crippen LogP) is 4.65. The number of nitrogens with zero attached hydrogens (tertiary/aromatic N) is 2. The molecule has 1 aliphatic carbocycles. The van der Waals surface area contributed by atoms with Crippen LogP contribution in [0.5, 0.6) is 0 Å². The van der Waals surface area contributed by atoms with Crippen molar-refractivity contribution in [2.24, 2.45) is 0 Å². The second kappa shape index (κ2) is 7.43. The zero-order valence-electron chi connectivity index (χ0n) is 13.7. The van der Waals surface area contributed by atoms with Crippen molar-refractivity contribution in [3.05, 3.63) is 81.9 Å². The highest BCUT2D eigenvalue weighted by molar-refractivity contribution is 6.13. The van der Waals surface area contributed by atoms with Crippen molar-refractivity contribution < 1.29 is 4.79 Å². The lowest BCUT2D eigenvalue weighted by molar-refractivity contribution is -0.112. The Morgan fingerprint density at radius 3 is 1.48 bits per heavy atom. The quantitative estimate of drug-likeness (QED) is 0.755. The first-order valence-electron chi connectivity index (χ1n) is 8.16. The topological polar surface area (TPSA) is 64.7 Å². The molecule has 0 spiro atoms. The van der Waals surface area contributed by atoms with E-state index in [1.165, 1.54) is 0 Å². The standard InChI is InChI=1S/C22H16N2O/c23-14-18-8-4-16(5-9-18)12-20-2-1-3-21(22(20)25)13-17-6-10-19(15-24)11-7-17/h4-13H,1-3H2. The van der Waals surface area contributed by atoms with Gasteiger partial charge in [-0.05, 0) is 66.8 Å². The van der Waals surface area contributed by atoms with Crippen LogP contribution in [0.2, 0.25) is 0 Å². The van der Waals surface area contributed by atoms with Gasteiger partial charge in [0.15, 0.2) is 5.78 Å². The van der Waals surface area contributed by atoms with Crippen LogP contribution in [0.25, 0.3) is 12.2 Å². The van der Waals surface area contributed by atoms with E-state index in [1.807, 2.05) is 36.4 Å². The third-order valence-electron chi connectivity index (χ3n) is 4.24. The fourth-order valence-corrected chi connectivity index (χ4v) is 2.89. The van der Waals surface area contributed by atoms with Gasteiger partial charge < -0.3 is 0 Å². The van der Waals surface area contributed by atoms with Crippen molar-refractivity contribution in [2.75, 3.05) is 0 Å². The first kappa shape index (κ1) is 16.4. The maximum absolute atomic E-state index is 12.7. The van der Waals surface area contributed by atoms with Crippen LogP contribution in [0.4, 0.5) is 0 Å². The van der Waals surface area contributed by atoms with Crippen LogP contribution in [0.3, 0.4) is 0 Å². The molecule has 1 aliphatic rings. The van der Waals surface area contributed by atoms with E-state index in [0.29, 0.717) is 11.1 Å². The summed E-state index contributed by atoms with van der Waals surface area (Å²) < 4.78 is 0. The molecule has 2 aromatic rings. The lowest BCUT2D eigenvalue weighted by Gasteiger charge is -2.16. The molecule has 0 heterocycles. The minimum Gasteiger partial charge on any atom is -0.289 e. The zero-order valence-corrected chi connectivity index (χ0v) is 13.7. The normalized spacial score (nSPS) is 17.3. The van der Waals surface area contributed by atoms with Crippen LogP contribution in [0, 0.1) is 22.7 Å². The fourth-order valence-electron chi connectivity index (χ4n) is 2.89. The summed E-state index contributed by atoms with van der Waals surface area (Å²) in [5, 5.41) is 17.7. The zero-order chi connectivity index (χ0) is 17.6. The summed E-state index contributed by atoms with van der Waals surface area (Å²) >= 11 is 0. The van der Waals surface area contributed by atoms with Gasteiger partial charge in [0.1, 0.15) is 0 Å². The summed E-state index contributed by atoms with van der Waals surface area (Å²) in [6.45, 7) is 0. The lowest BCUT2D eigenvalue weighted by atomic mass is 9.86. The van der Waals surface area contributed by atoms with E-state index in [0.717, 1.165) is 41.5 Å². The Bertz CT molecular complexity index is 856. The van der Waals surface area contributed by atoms with Gasteiger partial charge in [0.05, 0.1) is 23.3 Å². The second-order valence-electron chi connectivity index (χ2n) is 5.99. The minimum absolute atomic E-state index is 0.0833. The van der Waals surface area contributed by atoms with Crippen molar-refractivity contribution >= 4 is 17.9 Å². The van der Waals surface area contributed by atoms with E-state index in [4.69, 9.17) is 10.5 Å². The average molecular weight is 324 g/mol. The Hall–Kier alpha value is -3.43. The summed E-state index contributed by atoms with van der Waals surface area (Å²) in [6.07, 6.45) is 6.30. The van der Waals surface area contributed by atoms with Gasteiger partial charge in [-0.1, -0.05) is 24.3 Å². The minimum atomic E-state index is 0.0833. The monoisotopic (exact) mass is 324 g/mol. The maximum Gasteiger partial charge on any atom is 0.185 e. The average Bonchev–Trinajstić information content (AvgIpc) is 2.66. The van der Waals surface area contributed by atoms with Crippen molar-refractivity contribution in [1.29, 1.82) is 10.5 Å². The number of rotatable bonds is 2. The molecule has 1 saturated carbocycles. The lowest BCUT2D eigenvalue weighted by Crippen LogP contribution is -2.12. The van der Waals surface area contributed by atoms with Gasteiger partial charge in [0.2, 0.25) is 0 Å². The summed E-state index contributed by atoms with van der Waals surface area (Å²) in [7, 11) is 0. The van der Waals surface area contributed by atoms with Crippen LogP contribution >= 0.6 is 0 Å². The largest absolute Gasteiger partial charge is 0.289 e. The first-order valence-corrected chi connectivity index (χ1v) is 8.16. The smallest absolute Gasteiger partial charge is 0.185 e. The highest BCUT2D eigenvalue weighted by atomic mass is 16.1.